The topological polar surface area (TPSA) is 110 Å². The van der Waals surface area contributed by atoms with Gasteiger partial charge in [-0.25, -0.2) is 4.39 Å². The molecule has 3 aromatic heterocycles. The number of benzene rings is 2. The number of hydrogen-bond donors (Lipinski definition) is 1. The van der Waals surface area contributed by atoms with Crippen molar-refractivity contribution in [3.05, 3.63) is 99.3 Å². The summed E-state index contributed by atoms with van der Waals surface area (Å²) in [5.74, 6) is -0.969. The Morgan fingerprint density at radius 2 is 1.75 bits per heavy atom. The number of aromatic nitrogens is 4. The normalized spacial score (nSPS) is 14.4. The third kappa shape index (κ3) is 3.62. The minimum atomic E-state index is -0.471. The highest BCUT2D eigenvalue weighted by molar-refractivity contribution is 7.15. The second kappa shape index (κ2) is 8.47. The second-order valence-electron chi connectivity index (χ2n) is 7.94. The molecule has 2 amide bonds. The molecule has 1 aliphatic rings. The van der Waals surface area contributed by atoms with Gasteiger partial charge in [-0.3, -0.25) is 24.3 Å². The lowest BCUT2D eigenvalue weighted by molar-refractivity contribution is -0.118. The number of fused-ring (bicyclic) bond motifs is 2. The highest BCUT2D eigenvalue weighted by Crippen LogP contribution is 2.35. The highest BCUT2D eigenvalue weighted by atomic mass is 32.1. The Morgan fingerprint density at radius 3 is 2.50 bits per heavy atom. The van der Waals surface area contributed by atoms with E-state index in [2.05, 4.69) is 20.4 Å². The number of anilines is 2. The number of carbonyl (C=O) groups excluding carboxylic acids is 2. The molecule has 0 saturated carbocycles. The predicted octanol–water partition coefficient (Wildman–Crippen LogP) is 2.26. The van der Waals surface area contributed by atoms with Gasteiger partial charge in [-0.2, -0.15) is 9.50 Å². The zero-order valence-corrected chi connectivity index (χ0v) is 19.2. The molecule has 5 aromatic rings. The molecule has 0 saturated heterocycles. The summed E-state index contributed by atoms with van der Waals surface area (Å²) < 4.78 is 14.5. The fourth-order valence-electron chi connectivity index (χ4n) is 4.04. The Balaban J connectivity index is 1.39. The van der Waals surface area contributed by atoms with Crippen LogP contribution in [0.2, 0.25) is 0 Å². The molecular formula is C25H15FN6O3S. The van der Waals surface area contributed by atoms with Crippen molar-refractivity contribution in [3.63, 3.8) is 0 Å². The van der Waals surface area contributed by atoms with Crippen LogP contribution in [-0.2, 0) is 9.59 Å². The molecule has 36 heavy (non-hydrogen) atoms. The number of hydrogen-bond acceptors (Lipinski definition) is 7. The Bertz CT molecular complexity index is 1770. The number of nitrogens with one attached hydrogen (secondary N) is 1. The molecule has 0 aliphatic carbocycles. The lowest BCUT2D eigenvalue weighted by Crippen LogP contribution is -2.37. The van der Waals surface area contributed by atoms with E-state index in [1.807, 2.05) is 0 Å². The molecule has 0 bridgehead atoms. The fourth-order valence-corrected chi connectivity index (χ4v) is 5.04. The molecule has 0 unspecified atom stereocenters. The molecule has 0 fully saturated rings. The van der Waals surface area contributed by atoms with Crippen LogP contribution in [0.25, 0.3) is 21.9 Å². The lowest BCUT2D eigenvalue weighted by Gasteiger charge is -2.16. The molecule has 9 nitrogen and oxygen atoms in total. The predicted molar refractivity (Wildman–Crippen MR) is 132 cm³/mol. The van der Waals surface area contributed by atoms with Gasteiger partial charge in [0, 0.05) is 29.2 Å². The number of para-hydroxylation sites is 1. The van der Waals surface area contributed by atoms with Crippen molar-refractivity contribution in [2.24, 2.45) is 0 Å². The summed E-state index contributed by atoms with van der Waals surface area (Å²) in [7, 11) is 0. The van der Waals surface area contributed by atoms with Gasteiger partial charge in [0.25, 0.3) is 11.5 Å². The van der Waals surface area contributed by atoms with Gasteiger partial charge in [0.1, 0.15) is 16.9 Å². The largest absolute Gasteiger partial charge is 0.325 e. The molecule has 0 spiro atoms. The zero-order valence-electron chi connectivity index (χ0n) is 18.4. The summed E-state index contributed by atoms with van der Waals surface area (Å²) >= 11 is 1.07. The summed E-state index contributed by atoms with van der Waals surface area (Å²) in [5.41, 5.74) is 1.93. The van der Waals surface area contributed by atoms with Crippen LogP contribution in [0.3, 0.4) is 0 Å². The van der Waals surface area contributed by atoms with Gasteiger partial charge in [0.15, 0.2) is 5.82 Å². The quantitative estimate of drug-likeness (QED) is 0.407. The summed E-state index contributed by atoms with van der Waals surface area (Å²) in [4.78, 5) is 49.6. The molecule has 0 atom stereocenters. The molecule has 6 rings (SSSR count). The van der Waals surface area contributed by atoms with E-state index in [9.17, 15) is 18.8 Å². The van der Waals surface area contributed by atoms with Gasteiger partial charge in [0.05, 0.1) is 11.3 Å². The molecule has 4 heterocycles. The van der Waals surface area contributed by atoms with Crippen molar-refractivity contribution in [3.8, 4) is 11.4 Å². The average molecular weight is 498 g/mol. The second-order valence-corrected chi connectivity index (χ2v) is 8.92. The van der Waals surface area contributed by atoms with E-state index in [0.29, 0.717) is 27.7 Å². The third-order valence-electron chi connectivity index (χ3n) is 5.68. The SMILES string of the molecule is O=C(CN1C(=O)C(=c2sc3nc(-c4ccncc4)nn3c2=O)c2ccccc21)Nc1ccc(F)cc1. The van der Waals surface area contributed by atoms with Gasteiger partial charge in [-0.05, 0) is 42.5 Å². The van der Waals surface area contributed by atoms with Crippen molar-refractivity contribution < 1.29 is 14.0 Å². The van der Waals surface area contributed by atoms with E-state index < -0.39 is 23.2 Å². The Morgan fingerprint density at radius 1 is 1.00 bits per heavy atom. The zero-order chi connectivity index (χ0) is 24.8. The summed E-state index contributed by atoms with van der Waals surface area (Å²) in [6, 6.07) is 15.8. The van der Waals surface area contributed by atoms with Crippen molar-refractivity contribution >= 4 is 45.1 Å². The third-order valence-corrected chi connectivity index (χ3v) is 6.71. The Kier molecular flexibility index (Phi) is 5.11. The molecule has 1 aliphatic heterocycles. The average Bonchev–Trinajstić information content (AvgIpc) is 3.52. The van der Waals surface area contributed by atoms with Gasteiger partial charge < -0.3 is 5.32 Å². The van der Waals surface area contributed by atoms with Crippen molar-refractivity contribution in [2.45, 2.75) is 0 Å². The van der Waals surface area contributed by atoms with Crippen molar-refractivity contribution in [1.82, 2.24) is 19.6 Å². The summed E-state index contributed by atoms with van der Waals surface area (Å²) in [6.45, 7) is -0.280. The molecule has 0 radical (unpaired) electrons. The number of nitrogens with zero attached hydrogens (tertiary/aromatic N) is 5. The van der Waals surface area contributed by atoms with E-state index in [1.54, 1.807) is 48.8 Å². The smallest absolute Gasteiger partial charge is 0.291 e. The van der Waals surface area contributed by atoms with Crippen LogP contribution < -0.4 is 20.3 Å². The van der Waals surface area contributed by atoms with E-state index in [4.69, 9.17) is 0 Å². The number of halogens is 1. The van der Waals surface area contributed by atoms with Gasteiger partial charge in [0.2, 0.25) is 10.9 Å². The maximum atomic E-state index is 13.5. The Hall–Kier alpha value is -4.77. The molecule has 2 aromatic carbocycles. The van der Waals surface area contributed by atoms with Crippen LogP contribution in [0.5, 0.6) is 0 Å². The van der Waals surface area contributed by atoms with Gasteiger partial charge in [-0.1, -0.05) is 29.5 Å². The van der Waals surface area contributed by atoms with Crippen LogP contribution >= 0.6 is 11.3 Å². The van der Waals surface area contributed by atoms with Gasteiger partial charge >= 0.3 is 0 Å². The molecule has 1 N–H and O–H groups in total. The van der Waals surface area contributed by atoms with Crippen LogP contribution in [-0.4, -0.2) is 37.9 Å². The number of rotatable bonds is 4. The van der Waals surface area contributed by atoms with Crippen LogP contribution in [0.1, 0.15) is 5.56 Å². The maximum absolute atomic E-state index is 13.5. The first-order chi connectivity index (χ1) is 17.5. The van der Waals surface area contributed by atoms with E-state index in [1.165, 1.54) is 33.7 Å². The number of amides is 2. The minimum absolute atomic E-state index is 0.199. The minimum Gasteiger partial charge on any atom is -0.325 e. The first-order valence-electron chi connectivity index (χ1n) is 10.8. The monoisotopic (exact) mass is 498 g/mol. The molecular weight excluding hydrogens is 483 g/mol. The van der Waals surface area contributed by atoms with Crippen LogP contribution in [0.4, 0.5) is 15.8 Å². The van der Waals surface area contributed by atoms with Gasteiger partial charge in [-0.15, -0.1) is 5.10 Å². The fraction of sp³-hybridized carbons (Fsp3) is 0.0400. The van der Waals surface area contributed by atoms with E-state index in [0.717, 1.165) is 16.9 Å². The van der Waals surface area contributed by atoms with Crippen LogP contribution in [0, 0.1) is 5.82 Å². The molecule has 176 valence electrons. The molecule has 11 heteroatoms. The summed E-state index contributed by atoms with van der Waals surface area (Å²) in [6.07, 6.45) is 3.22. The number of carbonyl (C=O) groups is 2. The maximum Gasteiger partial charge on any atom is 0.291 e. The number of pyridine rings is 1. The summed E-state index contributed by atoms with van der Waals surface area (Å²) in [5, 5.41) is 6.98. The standard InChI is InChI=1S/C25H15FN6O3S/c26-15-5-7-16(8-6-15)28-19(33)13-31-18-4-2-1-3-17(18)20(23(31)34)21-24(35)32-25(36-21)29-22(30-32)14-9-11-27-12-10-14/h1-12H,13H2,(H,28,33). The Labute approximate surface area is 206 Å². The first kappa shape index (κ1) is 21.7. The highest BCUT2D eigenvalue weighted by Gasteiger charge is 2.35. The van der Waals surface area contributed by atoms with E-state index >= 15 is 0 Å². The van der Waals surface area contributed by atoms with E-state index in [-0.39, 0.29) is 16.7 Å². The van der Waals surface area contributed by atoms with Crippen molar-refractivity contribution in [2.75, 3.05) is 16.8 Å². The number of thiazole rings is 1. The van der Waals surface area contributed by atoms with Crippen molar-refractivity contribution in [1.29, 1.82) is 0 Å². The lowest BCUT2D eigenvalue weighted by atomic mass is 10.1. The first-order valence-corrected chi connectivity index (χ1v) is 11.6. The van der Waals surface area contributed by atoms with Crippen LogP contribution in [0.15, 0.2) is 77.9 Å².